The van der Waals surface area contributed by atoms with Crippen molar-refractivity contribution in [1.29, 1.82) is 0 Å². The molecule has 4 rings (SSSR count). The van der Waals surface area contributed by atoms with Crippen LogP contribution in [0.2, 0.25) is 0 Å². The van der Waals surface area contributed by atoms with Crippen molar-refractivity contribution in [2.75, 3.05) is 25.0 Å². The summed E-state index contributed by atoms with van der Waals surface area (Å²) >= 11 is 1.81. The summed E-state index contributed by atoms with van der Waals surface area (Å²) in [5.74, 6) is 0.0458. The van der Waals surface area contributed by atoms with E-state index in [4.69, 9.17) is 4.74 Å². The first-order chi connectivity index (χ1) is 11.7. The standard InChI is InChI=1S/C17H21FN4OS/c18-13-8-19-16(20-9-13)21-14-7-17(23-11-14)4-2-5-22(12-17)10-15-3-1-6-24-15/h1,3,6,8-9,14H,2,4-5,7,10-12H2,(H,19,20,21)/t14-,17-/m1/s1. The van der Waals surface area contributed by atoms with Crippen molar-refractivity contribution in [2.24, 2.45) is 0 Å². The minimum Gasteiger partial charge on any atom is -0.371 e. The highest BCUT2D eigenvalue weighted by Crippen LogP contribution is 2.36. The molecule has 0 aliphatic carbocycles. The highest BCUT2D eigenvalue weighted by Gasteiger charge is 2.43. The number of rotatable bonds is 4. The van der Waals surface area contributed by atoms with Gasteiger partial charge in [0.25, 0.3) is 0 Å². The highest BCUT2D eigenvalue weighted by molar-refractivity contribution is 7.09. The van der Waals surface area contributed by atoms with Crippen molar-refractivity contribution in [3.8, 4) is 0 Å². The third kappa shape index (κ3) is 3.58. The Morgan fingerprint density at radius 3 is 3.08 bits per heavy atom. The Morgan fingerprint density at radius 2 is 2.29 bits per heavy atom. The summed E-state index contributed by atoms with van der Waals surface area (Å²) in [5.41, 5.74) is -0.0762. The van der Waals surface area contributed by atoms with Gasteiger partial charge in [-0.3, -0.25) is 4.90 Å². The molecular weight excluding hydrogens is 327 g/mol. The third-order valence-electron chi connectivity index (χ3n) is 4.74. The molecule has 7 heteroatoms. The molecule has 1 spiro atoms. The Labute approximate surface area is 144 Å². The second kappa shape index (κ2) is 6.74. The van der Waals surface area contributed by atoms with E-state index in [1.54, 1.807) is 0 Å². The van der Waals surface area contributed by atoms with Crippen molar-refractivity contribution in [3.05, 3.63) is 40.6 Å². The number of halogens is 1. The zero-order valence-electron chi connectivity index (χ0n) is 13.4. The van der Waals surface area contributed by atoms with Crippen LogP contribution in [0.1, 0.15) is 24.1 Å². The summed E-state index contributed by atoms with van der Waals surface area (Å²) < 4.78 is 19.1. The van der Waals surface area contributed by atoms with Crippen LogP contribution in [0.5, 0.6) is 0 Å². The van der Waals surface area contributed by atoms with Crippen LogP contribution in [0.15, 0.2) is 29.9 Å². The first kappa shape index (κ1) is 15.9. The molecule has 24 heavy (non-hydrogen) atoms. The molecule has 1 N–H and O–H groups in total. The number of hydrogen-bond donors (Lipinski definition) is 1. The van der Waals surface area contributed by atoms with Gasteiger partial charge >= 0.3 is 0 Å². The normalized spacial score (nSPS) is 27.6. The highest BCUT2D eigenvalue weighted by atomic mass is 32.1. The fraction of sp³-hybridized carbons (Fsp3) is 0.529. The number of nitrogens with one attached hydrogen (secondary N) is 1. The molecule has 0 unspecified atom stereocenters. The molecule has 2 aromatic rings. The largest absolute Gasteiger partial charge is 0.371 e. The second-order valence-corrected chi connectivity index (χ2v) is 7.69. The number of piperidine rings is 1. The van der Waals surface area contributed by atoms with Gasteiger partial charge in [-0.15, -0.1) is 11.3 Å². The molecule has 2 atom stereocenters. The van der Waals surface area contributed by atoms with Crippen molar-refractivity contribution >= 4 is 17.3 Å². The number of nitrogens with zero attached hydrogens (tertiary/aromatic N) is 3. The first-order valence-corrected chi connectivity index (χ1v) is 9.22. The summed E-state index contributed by atoms with van der Waals surface area (Å²) in [7, 11) is 0. The lowest BCUT2D eigenvalue weighted by Crippen LogP contribution is -2.47. The second-order valence-electron chi connectivity index (χ2n) is 6.66. The topological polar surface area (TPSA) is 50.3 Å². The summed E-state index contributed by atoms with van der Waals surface area (Å²) in [6.07, 6.45) is 5.56. The molecule has 0 amide bonds. The predicted octanol–water partition coefficient (Wildman–Crippen LogP) is 2.91. The fourth-order valence-electron chi connectivity index (χ4n) is 3.74. The lowest BCUT2D eigenvalue weighted by Gasteiger charge is -2.39. The molecule has 0 aromatic carbocycles. The van der Waals surface area contributed by atoms with Gasteiger partial charge in [-0.1, -0.05) is 6.07 Å². The molecule has 0 saturated carbocycles. The van der Waals surface area contributed by atoms with E-state index >= 15 is 0 Å². The van der Waals surface area contributed by atoms with Crippen molar-refractivity contribution in [2.45, 2.75) is 37.5 Å². The third-order valence-corrected chi connectivity index (χ3v) is 5.60. The van der Waals surface area contributed by atoms with Crippen molar-refractivity contribution in [3.63, 3.8) is 0 Å². The minimum atomic E-state index is -0.420. The van der Waals surface area contributed by atoms with E-state index in [1.165, 1.54) is 17.3 Å². The maximum Gasteiger partial charge on any atom is 0.223 e. The van der Waals surface area contributed by atoms with E-state index in [0.29, 0.717) is 12.6 Å². The van der Waals surface area contributed by atoms with Crippen LogP contribution in [0.4, 0.5) is 10.3 Å². The Morgan fingerprint density at radius 1 is 1.42 bits per heavy atom. The summed E-state index contributed by atoms with van der Waals surface area (Å²) in [6, 6.07) is 4.48. The minimum absolute atomic E-state index is 0.0762. The van der Waals surface area contributed by atoms with Crippen LogP contribution in [-0.4, -0.2) is 46.2 Å². The molecule has 2 aliphatic rings. The number of aromatic nitrogens is 2. The van der Waals surface area contributed by atoms with Gasteiger partial charge in [0.15, 0.2) is 5.82 Å². The van der Waals surface area contributed by atoms with E-state index < -0.39 is 5.82 Å². The monoisotopic (exact) mass is 348 g/mol. The molecule has 2 fully saturated rings. The Hall–Kier alpha value is -1.57. The SMILES string of the molecule is Fc1cnc(N[C@H]2CO[C@]3(CCCN(Cc4cccs4)C3)C2)nc1. The summed E-state index contributed by atoms with van der Waals surface area (Å²) in [6.45, 7) is 3.74. The fourth-order valence-corrected chi connectivity index (χ4v) is 4.49. The van der Waals surface area contributed by atoms with Gasteiger partial charge in [0.05, 0.1) is 30.6 Å². The molecule has 5 nitrogen and oxygen atoms in total. The smallest absolute Gasteiger partial charge is 0.223 e. The zero-order valence-corrected chi connectivity index (χ0v) is 14.3. The van der Waals surface area contributed by atoms with E-state index in [0.717, 1.165) is 38.9 Å². The quantitative estimate of drug-likeness (QED) is 0.921. The van der Waals surface area contributed by atoms with Gasteiger partial charge in [-0.05, 0) is 30.8 Å². The number of ether oxygens (including phenoxy) is 1. The maximum absolute atomic E-state index is 12.9. The average Bonchev–Trinajstić information content (AvgIpc) is 3.21. The number of thiophene rings is 1. The van der Waals surface area contributed by atoms with Gasteiger partial charge in [-0.25, -0.2) is 14.4 Å². The van der Waals surface area contributed by atoms with Gasteiger partial charge in [0, 0.05) is 24.4 Å². The maximum atomic E-state index is 12.9. The van der Waals surface area contributed by atoms with Gasteiger partial charge in [-0.2, -0.15) is 0 Å². The van der Waals surface area contributed by atoms with Crippen molar-refractivity contribution < 1.29 is 9.13 Å². The first-order valence-electron chi connectivity index (χ1n) is 8.34. The molecular formula is C17H21FN4OS. The van der Waals surface area contributed by atoms with E-state index in [2.05, 4.69) is 37.7 Å². The predicted molar refractivity (Wildman–Crippen MR) is 91.5 cm³/mol. The van der Waals surface area contributed by atoms with Crippen LogP contribution in [-0.2, 0) is 11.3 Å². The summed E-state index contributed by atoms with van der Waals surface area (Å²) in [4.78, 5) is 11.9. The average molecular weight is 348 g/mol. The lowest BCUT2D eigenvalue weighted by atomic mass is 9.88. The molecule has 2 saturated heterocycles. The summed E-state index contributed by atoms with van der Waals surface area (Å²) in [5, 5.41) is 5.40. The van der Waals surface area contributed by atoms with E-state index in [-0.39, 0.29) is 11.6 Å². The molecule has 0 radical (unpaired) electrons. The van der Waals surface area contributed by atoms with Crippen molar-refractivity contribution in [1.82, 2.24) is 14.9 Å². The number of hydrogen-bond acceptors (Lipinski definition) is 6. The Kier molecular flexibility index (Phi) is 4.47. The number of anilines is 1. The van der Waals surface area contributed by atoms with E-state index in [1.807, 2.05) is 11.3 Å². The van der Waals surface area contributed by atoms with Crippen LogP contribution < -0.4 is 5.32 Å². The molecule has 2 aromatic heterocycles. The van der Waals surface area contributed by atoms with Crippen LogP contribution in [0.3, 0.4) is 0 Å². The van der Waals surface area contributed by atoms with Gasteiger partial charge in [0.2, 0.25) is 5.95 Å². The lowest BCUT2D eigenvalue weighted by molar-refractivity contribution is -0.0531. The molecule has 128 valence electrons. The molecule has 4 heterocycles. The van der Waals surface area contributed by atoms with E-state index in [9.17, 15) is 4.39 Å². The number of likely N-dealkylation sites (tertiary alicyclic amines) is 1. The Balaban J connectivity index is 1.36. The Bertz CT molecular complexity index is 666. The van der Waals surface area contributed by atoms with Crippen LogP contribution in [0, 0.1) is 5.82 Å². The molecule has 2 aliphatic heterocycles. The van der Waals surface area contributed by atoms with Gasteiger partial charge < -0.3 is 10.1 Å². The molecule has 0 bridgehead atoms. The van der Waals surface area contributed by atoms with Crippen LogP contribution >= 0.6 is 11.3 Å². The zero-order chi connectivity index (χ0) is 16.4. The van der Waals surface area contributed by atoms with Gasteiger partial charge in [0.1, 0.15) is 0 Å². The van der Waals surface area contributed by atoms with Crippen LogP contribution in [0.25, 0.3) is 0 Å².